The van der Waals surface area contributed by atoms with E-state index in [1.54, 1.807) is 22.5 Å². The van der Waals surface area contributed by atoms with Crippen molar-refractivity contribution in [3.63, 3.8) is 0 Å². The highest BCUT2D eigenvalue weighted by molar-refractivity contribution is 5.84. The standard InChI is InChI=1S/C25H26N2O6/c1-15-12-20(28)23(30)24(33-15)18(14-21(29)26-8-10-32-11-9-26)19-13-17-5-2-4-16-6-3-7-27(22(16)17)25(19)31/h2,4-5,12-13,18,30H,3,6-11,14H2,1H3/t18-/m1/s1. The number of hydrogen-bond donors (Lipinski definition) is 1. The largest absolute Gasteiger partial charge is 0.502 e. The molecular weight excluding hydrogens is 424 g/mol. The molecule has 8 nitrogen and oxygen atoms in total. The Balaban J connectivity index is 1.69. The van der Waals surface area contributed by atoms with Crippen LogP contribution in [0.15, 0.2) is 44.3 Å². The fourth-order valence-electron chi connectivity index (χ4n) is 4.96. The summed E-state index contributed by atoms with van der Waals surface area (Å²) in [5.41, 5.74) is 1.55. The molecule has 1 aromatic carbocycles. The van der Waals surface area contributed by atoms with Gasteiger partial charge in [0.1, 0.15) is 5.76 Å². The van der Waals surface area contributed by atoms with Gasteiger partial charge in [-0.15, -0.1) is 0 Å². The van der Waals surface area contributed by atoms with Gasteiger partial charge in [0, 0.05) is 37.7 Å². The first kappa shape index (κ1) is 21.5. The van der Waals surface area contributed by atoms with Crippen LogP contribution in [0.1, 0.15) is 41.4 Å². The van der Waals surface area contributed by atoms with Gasteiger partial charge in [-0.3, -0.25) is 14.4 Å². The molecule has 1 saturated heterocycles. The van der Waals surface area contributed by atoms with Gasteiger partial charge in [-0.1, -0.05) is 18.2 Å². The maximum Gasteiger partial charge on any atom is 0.255 e. The summed E-state index contributed by atoms with van der Waals surface area (Å²) >= 11 is 0. The molecule has 2 aliphatic rings. The summed E-state index contributed by atoms with van der Waals surface area (Å²) in [6, 6.07) is 8.91. The van der Waals surface area contributed by atoms with Gasteiger partial charge in [0.05, 0.1) is 24.6 Å². The molecule has 5 rings (SSSR count). The maximum atomic E-state index is 13.7. The number of amides is 1. The van der Waals surface area contributed by atoms with Crippen molar-refractivity contribution in [2.45, 2.75) is 38.6 Å². The predicted molar refractivity (Wildman–Crippen MR) is 122 cm³/mol. The highest BCUT2D eigenvalue weighted by Gasteiger charge is 2.31. The lowest BCUT2D eigenvalue weighted by Gasteiger charge is -2.29. The van der Waals surface area contributed by atoms with Crippen molar-refractivity contribution in [1.82, 2.24) is 9.47 Å². The van der Waals surface area contributed by atoms with Crippen molar-refractivity contribution >= 4 is 16.8 Å². The van der Waals surface area contributed by atoms with Crippen molar-refractivity contribution < 1.29 is 19.1 Å². The van der Waals surface area contributed by atoms with Gasteiger partial charge in [-0.05, 0) is 36.8 Å². The third kappa shape index (κ3) is 3.84. The van der Waals surface area contributed by atoms with Crippen LogP contribution in [0.3, 0.4) is 0 Å². The molecule has 0 saturated carbocycles. The number of nitrogens with zero attached hydrogens (tertiary/aromatic N) is 2. The number of benzene rings is 1. The molecule has 33 heavy (non-hydrogen) atoms. The summed E-state index contributed by atoms with van der Waals surface area (Å²) in [6.07, 6.45) is 1.65. The fraction of sp³-hybridized carbons (Fsp3) is 0.400. The van der Waals surface area contributed by atoms with Crippen LogP contribution in [0.25, 0.3) is 10.9 Å². The molecule has 0 spiro atoms. The van der Waals surface area contributed by atoms with Crippen molar-refractivity contribution in [2.24, 2.45) is 0 Å². The van der Waals surface area contributed by atoms with E-state index in [4.69, 9.17) is 9.15 Å². The zero-order valence-corrected chi connectivity index (χ0v) is 18.5. The van der Waals surface area contributed by atoms with E-state index in [1.165, 1.54) is 6.07 Å². The number of ether oxygens (including phenoxy) is 1. The number of carbonyl (C=O) groups is 1. The molecule has 1 N–H and O–H groups in total. The second-order valence-corrected chi connectivity index (χ2v) is 8.70. The Hall–Kier alpha value is -3.39. The molecule has 172 valence electrons. The molecule has 1 fully saturated rings. The predicted octanol–water partition coefficient (Wildman–Crippen LogP) is 2.30. The highest BCUT2D eigenvalue weighted by atomic mass is 16.5. The van der Waals surface area contributed by atoms with Gasteiger partial charge in [0.15, 0.2) is 5.76 Å². The van der Waals surface area contributed by atoms with Gasteiger partial charge in [-0.2, -0.15) is 0 Å². The summed E-state index contributed by atoms with van der Waals surface area (Å²) in [5, 5.41) is 11.5. The summed E-state index contributed by atoms with van der Waals surface area (Å²) < 4.78 is 12.9. The van der Waals surface area contributed by atoms with E-state index in [0.29, 0.717) is 44.2 Å². The van der Waals surface area contributed by atoms with E-state index in [2.05, 4.69) is 0 Å². The molecule has 3 aromatic rings. The number of pyridine rings is 1. The van der Waals surface area contributed by atoms with Crippen LogP contribution in [0.5, 0.6) is 5.75 Å². The lowest BCUT2D eigenvalue weighted by Crippen LogP contribution is -2.41. The number of carbonyl (C=O) groups excluding carboxylic acids is 1. The zero-order chi connectivity index (χ0) is 23.1. The van der Waals surface area contributed by atoms with Crippen LogP contribution in [-0.2, 0) is 22.5 Å². The van der Waals surface area contributed by atoms with Crippen molar-refractivity contribution in [1.29, 1.82) is 0 Å². The van der Waals surface area contributed by atoms with Gasteiger partial charge >= 0.3 is 0 Å². The average Bonchev–Trinajstić information content (AvgIpc) is 2.83. The summed E-state index contributed by atoms with van der Waals surface area (Å²) in [4.78, 5) is 40.9. The minimum Gasteiger partial charge on any atom is -0.502 e. The van der Waals surface area contributed by atoms with Crippen LogP contribution in [0.4, 0.5) is 0 Å². The summed E-state index contributed by atoms with van der Waals surface area (Å²) in [5.74, 6) is -1.37. The quantitative estimate of drug-likeness (QED) is 0.655. The summed E-state index contributed by atoms with van der Waals surface area (Å²) in [6.45, 7) is 4.00. The average molecular weight is 450 g/mol. The number of aromatic nitrogens is 1. The number of rotatable bonds is 4. The third-order valence-electron chi connectivity index (χ3n) is 6.56. The van der Waals surface area contributed by atoms with Crippen LogP contribution >= 0.6 is 0 Å². The Bertz CT molecular complexity index is 1350. The van der Waals surface area contributed by atoms with Crippen LogP contribution in [-0.4, -0.2) is 46.8 Å². The van der Waals surface area contributed by atoms with E-state index in [1.807, 2.05) is 18.2 Å². The Morgan fingerprint density at radius 3 is 2.73 bits per heavy atom. The first-order valence-electron chi connectivity index (χ1n) is 11.3. The molecule has 0 bridgehead atoms. The van der Waals surface area contributed by atoms with Crippen molar-refractivity contribution in [3.05, 3.63) is 73.6 Å². The molecule has 0 unspecified atom stereocenters. The monoisotopic (exact) mass is 450 g/mol. The van der Waals surface area contributed by atoms with Gasteiger partial charge in [-0.25, -0.2) is 0 Å². The minimum absolute atomic E-state index is 0.0437. The van der Waals surface area contributed by atoms with Crippen molar-refractivity contribution in [3.8, 4) is 5.75 Å². The molecule has 4 heterocycles. The number of aryl methyl sites for hydroxylation is 3. The minimum atomic E-state index is -0.890. The first-order chi connectivity index (χ1) is 15.9. The summed E-state index contributed by atoms with van der Waals surface area (Å²) in [7, 11) is 0. The number of para-hydroxylation sites is 1. The van der Waals surface area contributed by atoms with Gasteiger partial charge < -0.3 is 23.7 Å². The van der Waals surface area contributed by atoms with Gasteiger partial charge in [0.2, 0.25) is 17.1 Å². The number of morpholine rings is 1. The first-order valence-corrected chi connectivity index (χ1v) is 11.3. The SMILES string of the molecule is Cc1cc(=O)c(O)c([C@H](CC(=O)N2CCOCC2)c2cc3cccc4c3n(c2=O)CCC4)o1. The van der Waals surface area contributed by atoms with E-state index in [0.717, 1.165) is 29.3 Å². The second kappa shape index (κ2) is 8.51. The molecule has 1 atom stereocenters. The van der Waals surface area contributed by atoms with Crippen LogP contribution in [0, 0.1) is 6.92 Å². The van der Waals surface area contributed by atoms with E-state index in [9.17, 15) is 19.5 Å². The van der Waals surface area contributed by atoms with Gasteiger partial charge in [0.25, 0.3) is 5.56 Å². The Kier molecular flexibility index (Phi) is 5.54. The zero-order valence-electron chi connectivity index (χ0n) is 18.5. The molecule has 0 radical (unpaired) electrons. The lowest BCUT2D eigenvalue weighted by atomic mass is 9.90. The number of aromatic hydroxyl groups is 1. The molecule has 8 heteroatoms. The topological polar surface area (TPSA) is 102 Å². The lowest BCUT2D eigenvalue weighted by molar-refractivity contribution is -0.135. The normalized spacial score (nSPS) is 16.7. The molecule has 1 amide bonds. The Morgan fingerprint density at radius 2 is 1.94 bits per heavy atom. The Labute approximate surface area is 190 Å². The Morgan fingerprint density at radius 1 is 1.15 bits per heavy atom. The third-order valence-corrected chi connectivity index (χ3v) is 6.56. The van der Waals surface area contributed by atoms with E-state index < -0.39 is 17.1 Å². The number of hydrogen-bond acceptors (Lipinski definition) is 6. The molecule has 2 aromatic heterocycles. The smallest absolute Gasteiger partial charge is 0.255 e. The molecule has 2 aliphatic heterocycles. The molecular formula is C25H26N2O6. The van der Waals surface area contributed by atoms with Crippen LogP contribution in [0.2, 0.25) is 0 Å². The maximum absolute atomic E-state index is 13.7. The highest BCUT2D eigenvalue weighted by Crippen LogP contribution is 2.34. The molecule has 0 aliphatic carbocycles. The van der Waals surface area contributed by atoms with E-state index >= 15 is 0 Å². The second-order valence-electron chi connectivity index (χ2n) is 8.70. The van der Waals surface area contributed by atoms with Crippen LogP contribution < -0.4 is 11.0 Å². The van der Waals surface area contributed by atoms with Crippen molar-refractivity contribution in [2.75, 3.05) is 26.3 Å². The van der Waals surface area contributed by atoms with E-state index in [-0.39, 0.29) is 23.6 Å². The fourth-order valence-corrected chi connectivity index (χ4v) is 4.96.